The van der Waals surface area contributed by atoms with Crippen LogP contribution in [0.3, 0.4) is 0 Å². The molecule has 1 aliphatic rings. The number of benzene rings is 2. The molecule has 8 heteroatoms. The molecule has 0 fully saturated rings. The number of carbonyl (C=O) groups is 3. The second kappa shape index (κ2) is 10.5. The zero-order valence-electron chi connectivity index (χ0n) is 19.1. The molecule has 0 heterocycles. The summed E-state index contributed by atoms with van der Waals surface area (Å²) in [5.74, 6) is -1.68. The number of nitrogens with one attached hydrogen (secondary N) is 2. The van der Waals surface area contributed by atoms with Crippen LogP contribution in [0.25, 0.3) is 11.1 Å². The zero-order chi connectivity index (χ0) is 24.0. The Morgan fingerprint density at radius 1 is 1.03 bits per heavy atom. The Morgan fingerprint density at radius 2 is 1.61 bits per heavy atom. The van der Waals surface area contributed by atoms with Gasteiger partial charge < -0.3 is 25.2 Å². The standard InChI is InChI=1S/C25H30N2O6/c1-25(2,23(30)27-21(22(28)29)12-13-32-3)15-26-24(31)33-14-20-18-10-6-4-8-16(18)17-9-5-7-11-19(17)20/h4-11,20-21H,12-15H2,1-3H3,(H,26,31)(H,27,30)(H,28,29). The maximum Gasteiger partial charge on any atom is 0.407 e. The molecular weight excluding hydrogens is 424 g/mol. The van der Waals surface area contributed by atoms with E-state index in [1.165, 1.54) is 7.11 Å². The van der Waals surface area contributed by atoms with Crippen molar-refractivity contribution in [2.45, 2.75) is 32.2 Å². The van der Waals surface area contributed by atoms with Gasteiger partial charge in [-0.3, -0.25) is 4.79 Å². The number of methoxy groups -OCH3 is 1. The summed E-state index contributed by atoms with van der Waals surface area (Å²) in [4.78, 5) is 36.3. The first-order valence-electron chi connectivity index (χ1n) is 10.9. The van der Waals surface area contributed by atoms with Crippen molar-refractivity contribution in [1.82, 2.24) is 10.6 Å². The summed E-state index contributed by atoms with van der Waals surface area (Å²) >= 11 is 0. The summed E-state index contributed by atoms with van der Waals surface area (Å²) in [5, 5.41) is 14.4. The highest BCUT2D eigenvalue weighted by Crippen LogP contribution is 2.44. The molecular formula is C25H30N2O6. The predicted molar refractivity (Wildman–Crippen MR) is 123 cm³/mol. The minimum Gasteiger partial charge on any atom is -0.480 e. The first kappa shape index (κ1) is 24.3. The van der Waals surface area contributed by atoms with Gasteiger partial charge in [0.1, 0.15) is 12.6 Å². The van der Waals surface area contributed by atoms with Gasteiger partial charge >= 0.3 is 12.1 Å². The molecule has 8 nitrogen and oxygen atoms in total. The highest BCUT2D eigenvalue weighted by atomic mass is 16.5. The van der Waals surface area contributed by atoms with Crippen LogP contribution in [0.2, 0.25) is 0 Å². The molecule has 0 aromatic heterocycles. The highest BCUT2D eigenvalue weighted by Gasteiger charge is 2.33. The third-order valence-electron chi connectivity index (χ3n) is 5.85. The molecule has 2 aromatic rings. The van der Waals surface area contributed by atoms with Crippen LogP contribution in [0.4, 0.5) is 4.79 Å². The predicted octanol–water partition coefficient (Wildman–Crippen LogP) is 3.16. The molecule has 33 heavy (non-hydrogen) atoms. The van der Waals surface area contributed by atoms with E-state index in [-0.39, 0.29) is 32.1 Å². The second-order valence-corrected chi connectivity index (χ2v) is 8.71. The van der Waals surface area contributed by atoms with Gasteiger partial charge in [-0.15, -0.1) is 0 Å². The Morgan fingerprint density at radius 3 is 2.15 bits per heavy atom. The number of carbonyl (C=O) groups excluding carboxylic acids is 2. The number of aliphatic carboxylic acids is 1. The van der Waals surface area contributed by atoms with Gasteiger partial charge in [-0.05, 0) is 36.1 Å². The van der Waals surface area contributed by atoms with Crippen molar-refractivity contribution in [3.05, 3.63) is 59.7 Å². The van der Waals surface area contributed by atoms with Crippen molar-refractivity contribution in [2.24, 2.45) is 5.41 Å². The van der Waals surface area contributed by atoms with Crippen molar-refractivity contribution >= 4 is 18.0 Å². The minimum absolute atomic E-state index is 0.00781. The Balaban J connectivity index is 1.55. The third kappa shape index (κ3) is 5.70. The van der Waals surface area contributed by atoms with Crippen molar-refractivity contribution in [2.75, 3.05) is 26.9 Å². The van der Waals surface area contributed by atoms with Crippen molar-refractivity contribution < 1.29 is 29.0 Å². The Bertz CT molecular complexity index is 974. The van der Waals surface area contributed by atoms with E-state index < -0.39 is 29.4 Å². The van der Waals surface area contributed by atoms with Crippen molar-refractivity contribution in [3.8, 4) is 11.1 Å². The molecule has 0 bridgehead atoms. The smallest absolute Gasteiger partial charge is 0.407 e. The van der Waals surface area contributed by atoms with E-state index in [9.17, 15) is 19.5 Å². The lowest BCUT2D eigenvalue weighted by molar-refractivity contribution is -0.143. The number of carboxylic acid groups (broad SMARTS) is 1. The van der Waals surface area contributed by atoms with Gasteiger partial charge in [-0.25, -0.2) is 9.59 Å². The summed E-state index contributed by atoms with van der Waals surface area (Å²) in [7, 11) is 1.46. The fourth-order valence-electron chi connectivity index (χ4n) is 3.87. The van der Waals surface area contributed by atoms with E-state index in [0.29, 0.717) is 0 Å². The SMILES string of the molecule is COCCC(NC(=O)C(C)(C)CNC(=O)OCC1c2ccccc2-c2ccccc21)C(=O)O. The summed E-state index contributed by atoms with van der Waals surface area (Å²) in [6, 6.07) is 15.1. The molecule has 3 N–H and O–H groups in total. The Labute approximate surface area is 193 Å². The number of amides is 2. The largest absolute Gasteiger partial charge is 0.480 e. The molecule has 0 saturated heterocycles. The second-order valence-electron chi connectivity index (χ2n) is 8.71. The molecule has 1 unspecified atom stereocenters. The van der Waals surface area contributed by atoms with Crippen LogP contribution in [-0.4, -0.2) is 56.0 Å². The fourth-order valence-corrected chi connectivity index (χ4v) is 3.87. The summed E-state index contributed by atoms with van der Waals surface area (Å²) in [6.07, 6.45) is -0.486. The van der Waals surface area contributed by atoms with E-state index in [0.717, 1.165) is 22.3 Å². The lowest BCUT2D eigenvalue weighted by atomic mass is 9.91. The van der Waals surface area contributed by atoms with Gasteiger partial charge in [0.15, 0.2) is 0 Å². The number of carboxylic acids is 1. The maximum absolute atomic E-state index is 12.6. The highest BCUT2D eigenvalue weighted by molar-refractivity contribution is 5.87. The van der Waals surface area contributed by atoms with Crippen LogP contribution in [-0.2, 0) is 19.1 Å². The number of alkyl carbamates (subject to hydrolysis) is 1. The molecule has 1 aliphatic carbocycles. The van der Waals surface area contributed by atoms with Crippen LogP contribution < -0.4 is 10.6 Å². The minimum atomic E-state index is -1.14. The van der Waals surface area contributed by atoms with Crippen molar-refractivity contribution in [3.63, 3.8) is 0 Å². The van der Waals surface area contributed by atoms with E-state index in [2.05, 4.69) is 22.8 Å². The van der Waals surface area contributed by atoms with Gasteiger partial charge in [0.05, 0.1) is 5.41 Å². The molecule has 2 amide bonds. The molecule has 176 valence electrons. The average Bonchev–Trinajstić information content (AvgIpc) is 3.12. The van der Waals surface area contributed by atoms with Gasteiger partial charge in [0.25, 0.3) is 0 Å². The van der Waals surface area contributed by atoms with Crippen LogP contribution in [0, 0.1) is 5.41 Å². The number of hydrogen-bond donors (Lipinski definition) is 3. The van der Waals surface area contributed by atoms with E-state index >= 15 is 0 Å². The molecule has 0 aliphatic heterocycles. The van der Waals surface area contributed by atoms with Crippen molar-refractivity contribution in [1.29, 1.82) is 0 Å². The van der Waals surface area contributed by atoms with Gasteiger partial charge in [-0.1, -0.05) is 48.5 Å². The summed E-state index contributed by atoms with van der Waals surface area (Å²) in [5.41, 5.74) is 3.47. The summed E-state index contributed by atoms with van der Waals surface area (Å²) in [6.45, 7) is 3.62. The number of rotatable bonds is 10. The van der Waals surface area contributed by atoms with Crippen LogP contribution >= 0.6 is 0 Å². The fraction of sp³-hybridized carbons (Fsp3) is 0.400. The average molecular weight is 455 g/mol. The molecule has 0 saturated carbocycles. The zero-order valence-corrected chi connectivity index (χ0v) is 19.1. The molecule has 2 aromatic carbocycles. The lowest BCUT2D eigenvalue weighted by Crippen LogP contribution is -2.50. The van der Waals surface area contributed by atoms with Crippen LogP contribution in [0.1, 0.15) is 37.3 Å². The number of ether oxygens (including phenoxy) is 2. The molecule has 0 radical (unpaired) electrons. The Kier molecular flexibility index (Phi) is 7.71. The molecule has 3 rings (SSSR count). The summed E-state index contributed by atoms with van der Waals surface area (Å²) < 4.78 is 10.4. The molecule has 0 spiro atoms. The van der Waals surface area contributed by atoms with E-state index in [4.69, 9.17) is 9.47 Å². The number of hydrogen-bond acceptors (Lipinski definition) is 5. The van der Waals surface area contributed by atoms with Crippen LogP contribution in [0.5, 0.6) is 0 Å². The lowest BCUT2D eigenvalue weighted by Gasteiger charge is -2.26. The first-order chi connectivity index (χ1) is 15.7. The van der Waals surface area contributed by atoms with E-state index in [1.54, 1.807) is 13.8 Å². The quantitative estimate of drug-likeness (QED) is 0.508. The van der Waals surface area contributed by atoms with E-state index in [1.807, 2.05) is 36.4 Å². The van der Waals surface area contributed by atoms with Gasteiger partial charge in [0, 0.05) is 32.6 Å². The van der Waals surface area contributed by atoms with Gasteiger partial charge in [0.2, 0.25) is 5.91 Å². The molecule has 1 atom stereocenters. The monoisotopic (exact) mass is 454 g/mol. The Hall–Kier alpha value is -3.39. The topological polar surface area (TPSA) is 114 Å². The number of fused-ring (bicyclic) bond motifs is 3. The maximum atomic E-state index is 12.6. The normalized spacial score (nSPS) is 13.5. The first-order valence-corrected chi connectivity index (χ1v) is 10.9. The third-order valence-corrected chi connectivity index (χ3v) is 5.85. The van der Waals surface area contributed by atoms with Crippen LogP contribution in [0.15, 0.2) is 48.5 Å². The van der Waals surface area contributed by atoms with Gasteiger partial charge in [-0.2, -0.15) is 0 Å².